The highest BCUT2D eigenvalue weighted by molar-refractivity contribution is 6.06. The Labute approximate surface area is 337 Å². The summed E-state index contributed by atoms with van der Waals surface area (Å²) in [5.41, 5.74) is 0.803. The zero-order valence-electron chi connectivity index (χ0n) is 32.2. The number of anilines is 4. The number of aryl methyl sites for hydroxylation is 1. The molecule has 2 fully saturated rings. The van der Waals surface area contributed by atoms with Gasteiger partial charge < -0.3 is 49.5 Å². The van der Waals surface area contributed by atoms with Crippen LogP contribution in [0.2, 0.25) is 0 Å². The van der Waals surface area contributed by atoms with Crippen molar-refractivity contribution in [3.63, 3.8) is 0 Å². The predicted molar refractivity (Wildman–Crippen MR) is 207 cm³/mol. The fourth-order valence-electron chi connectivity index (χ4n) is 7.07. The number of benzene rings is 2. The molecule has 0 saturated carbocycles. The molecule has 4 heterocycles. The standard InChI is InChI=1S/C40H45F3N6O10/c1-3-17-58-39(55)49-29-22-32(31(50)21-27(29)36(53)48-16-6-4-9-28(48)37(49)59-34-11-5-7-18-57-34)56-19-8-10-33(51)44-26-20-30(47(2)23-26)35(52)45-24-12-14-25(15-13-24)46-38(54)40(41,42)43/h3,12-15,20-23,28,34,37,50H,1,4-11,16-19H2,2H3,(H,44,51)(H,45,52)(H,46,54)/t28-,34?,37?/m0/s1. The van der Waals surface area contributed by atoms with E-state index < -0.39 is 48.6 Å². The number of rotatable bonds is 13. The van der Waals surface area contributed by atoms with Crippen molar-refractivity contribution in [2.45, 2.75) is 76.1 Å². The summed E-state index contributed by atoms with van der Waals surface area (Å²) in [4.78, 5) is 67.8. The molecule has 4 N–H and O–H groups in total. The van der Waals surface area contributed by atoms with Crippen molar-refractivity contribution in [1.29, 1.82) is 0 Å². The van der Waals surface area contributed by atoms with E-state index in [0.29, 0.717) is 31.7 Å². The second-order valence-corrected chi connectivity index (χ2v) is 14.2. The molecule has 1 aromatic heterocycles. The van der Waals surface area contributed by atoms with Crippen molar-refractivity contribution in [1.82, 2.24) is 9.47 Å². The van der Waals surface area contributed by atoms with Gasteiger partial charge in [-0.2, -0.15) is 13.2 Å². The van der Waals surface area contributed by atoms with E-state index in [4.69, 9.17) is 18.9 Å². The number of halogens is 3. The molecule has 5 amide bonds. The molecule has 2 saturated heterocycles. The van der Waals surface area contributed by atoms with Gasteiger partial charge in [0.05, 0.1) is 29.6 Å². The number of carbonyl (C=O) groups excluding carboxylic acids is 5. The quantitative estimate of drug-likeness (QED) is 0.113. The van der Waals surface area contributed by atoms with E-state index in [9.17, 15) is 42.3 Å². The molecule has 3 atom stereocenters. The number of carbonyl (C=O) groups is 5. The number of piperidine rings is 1. The number of aromatic nitrogens is 1. The van der Waals surface area contributed by atoms with Gasteiger partial charge in [0.2, 0.25) is 5.91 Å². The molecule has 3 aliphatic rings. The molecule has 59 heavy (non-hydrogen) atoms. The number of nitrogens with zero attached hydrogens (tertiary/aromatic N) is 3. The summed E-state index contributed by atoms with van der Waals surface area (Å²) in [6.07, 6.45) is 0.187. The van der Waals surface area contributed by atoms with Crippen LogP contribution in [0.3, 0.4) is 0 Å². The Balaban J connectivity index is 1.09. The second-order valence-electron chi connectivity index (χ2n) is 14.2. The third-order valence-corrected chi connectivity index (χ3v) is 9.90. The summed E-state index contributed by atoms with van der Waals surface area (Å²) in [5.74, 6) is -3.86. The Morgan fingerprint density at radius 2 is 1.71 bits per heavy atom. The number of phenols is 1. The number of hydrogen-bond donors (Lipinski definition) is 4. The normalized spacial score (nSPS) is 19.1. The molecular formula is C40H45F3N6O10. The third-order valence-electron chi connectivity index (χ3n) is 9.90. The number of nitrogens with one attached hydrogen (secondary N) is 3. The lowest BCUT2D eigenvalue weighted by atomic mass is 10.00. The summed E-state index contributed by atoms with van der Waals surface area (Å²) in [6, 6.07) is 8.61. The maximum Gasteiger partial charge on any atom is 0.471 e. The van der Waals surface area contributed by atoms with E-state index in [0.717, 1.165) is 25.7 Å². The highest BCUT2D eigenvalue weighted by atomic mass is 19.4. The van der Waals surface area contributed by atoms with Crippen LogP contribution in [0, 0.1) is 0 Å². The first-order valence-corrected chi connectivity index (χ1v) is 19.1. The number of hydrogen-bond acceptors (Lipinski definition) is 10. The van der Waals surface area contributed by atoms with Gasteiger partial charge in [0.25, 0.3) is 11.8 Å². The molecular weight excluding hydrogens is 781 g/mol. The van der Waals surface area contributed by atoms with E-state index in [2.05, 4.69) is 17.2 Å². The Bertz CT molecular complexity index is 2050. The summed E-state index contributed by atoms with van der Waals surface area (Å²) in [5, 5.41) is 18.1. The Hall–Kier alpha value is -6.08. The molecule has 2 unspecified atom stereocenters. The van der Waals surface area contributed by atoms with Gasteiger partial charge in [0.15, 0.2) is 24.0 Å². The third kappa shape index (κ3) is 10.3. The highest BCUT2D eigenvalue weighted by Crippen LogP contribution is 2.42. The van der Waals surface area contributed by atoms with Gasteiger partial charge in [-0.25, -0.2) is 9.69 Å². The van der Waals surface area contributed by atoms with Crippen LogP contribution in [0.5, 0.6) is 11.5 Å². The summed E-state index contributed by atoms with van der Waals surface area (Å²) < 4.78 is 62.8. The Morgan fingerprint density at radius 1 is 0.983 bits per heavy atom. The number of fused-ring (bicyclic) bond motifs is 2. The fraction of sp³-hybridized carbons (Fsp3) is 0.425. The zero-order valence-corrected chi connectivity index (χ0v) is 32.2. The maximum absolute atomic E-state index is 14.0. The van der Waals surface area contributed by atoms with Crippen molar-refractivity contribution in [2.24, 2.45) is 7.05 Å². The summed E-state index contributed by atoms with van der Waals surface area (Å²) in [7, 11) is 1.58. The van der Waals surface area contributed by atoms with Crippen molar-refractivity contribution < 1.29 is 61.2 Å². The van der Waals surface area contributed by atoms with Crippen LogP contribution in [-0.4, -0.2) is 95.4 Å². The molecule has 0 bridgehead atoms. The average Bonchev–Trinajstić information content (AvgIpc) is 3.54. The SMILES string of the molecule is C=CCOC(=O)N1c2cc(OCCCC(=O)Nc3cc(C(=O)Nc4ccc(NC(=O)C(F)(F)F)cc4)n(C)c3)c(O)cc2C(=O)N2CCCC[C@H]2C1OC1CCCCO1. The van der Waals surface area contributed by atoms with Crippen LogP contribution in [0.1, 0.15) is 72.2 Å². The van der Waals surface area contributed by atoms with Crippen LogP contribution in [0.4, 0.5) is 40.7 Å². The molecule has 19 heteroatoms. The summed E-state index contributed by atoms with van der Waals surface area (Å²) in [6.45, 7) is 4.42. The van der Waals surface area contributed by atoms with E-state index >= 15 is 0 Å². The van der Waals surface area contributed by atoms with Crippen molar-refractivity contribution in [3.05, 3.63) is 72.6 Å². The lowest BCUT2D eigenvalue weighted by Crippen LogP contribution is -2.57. The van der Waals surface area contributed by atoms with Crippen molar-refractivity contribution >= 4 is 52.5 Å². The molecule has 0 radical (unpaired) electrons. The minimum atomic E-state index is -5.05. The minimum absolute atomic E-state index is 0.0220. The lowest BCUT2D eigenvalue weighted by molar-refractivity contribution is -0.198. The van der Waals surface area contributed by atoms with Gasteiger partial charge in [-0.1, -0.05) is 12.7 Å². The van der Waals surface area contributed by atoms with Crippen LogP contribution in [0.15, 0.2) is 61.3 Å². The fourth-order valence-corrected chi connectivity index (χ4v) is 7.07. The van der Waals surface area contributed by atoms with E-state index in [1.165, 1.54) is 64.2 Å². The van der Waals surface area contributed by atoms with Gasteiger partial charge >= 0.3 is 18.2 Å². The first kappa shape index (κ1) is 42.5. The Morgan fingerprint density at radius 3 is 2.41 bits per heavy atom. The molecule has 2 aromatic carbocycles. The monoisotopic (exact) mass is 826 g/mol. The average molecular weight is 827 g/mol. The van der Waals surface area contributed by atoms with Gasteiger partial charge in [-0.15, -0.1) is 0 Å². The van der Waals surface area contributed by atoms with E-state index in [-0.39, 0.29) is 71.8 Å². The number of alkyl halides is 3. The van der Waals surface area contributed by atoms with E-state index in [1.54, 1.807) is 17.3 Å². The first-order valence-electron chi connectivity index (χ1n) is 19.1. The number of aromatic hydroxyl groups is 1. The van der Waals surface area contributed by atoms with Crippen LogP contribution in [0.25, 0.3) is 0 Å². The topological polar surface area (TPSA) is 190 Å². The first-order chi connectivity index (χ1) is 28.2. The Kier molecular flexibility index (Phi) is 13.5. The molecule has 0 aliphatic carbocycles. The van der Waals surface area contributed by atoms with E-state index in [1.807, 2.05) is 0 Å². The maximum atomic E-state index is 14.0. The van der Waals surface area contributed by atoms with Crippen molar-refractivity contribution in [3.8, 4) is 11.5 Å². The van der Waals surface area contributed by atoms with Gasteiger partial charge in [0, 0.05) is 50.3 Å². The lowest BCUT2D eigenvalue weighted by Gasteiger charge is -2.42. The predicted octanol–water partition coefficient (Wildman–Crippen LogP) is 6.29. The zero-order chi connectivity index (χ0) is 42.3. The number of ether oxygens (including phenoxy) is 4. The molecule has 316 valence electrons. The van der Waals surface area contributed by atoms with Crippen molar-refractivity contribution in [2.75, 3.05) is 47.2 Å². The number of amides is 5. The molecule has 6 rings (SSSR count). The van der Waals surface area contributed by atoms with Crippen LogP contribution in [-0.2, 0) is 30.8 Å². The molecule has 0 spiro atoms. The largest absolute Gasteiger partial charge is 0.504 e. The second kappa shape index (κ2) is 18.7. The molecule has 3 aliphatic heterocycles. The smallest absolute Gasteiger partial charge is 0.471 e. The van der Waals surface area contributed by atoms with Crippen LogP contribution >= 0.6 is 0 Å². The molecule has 3 aromatic rings. The van der Waals surface area contributed by atoms with Gasteiger partial charge in [0.1, 0.15) is 12.3 Å². The van der Waals surface area contributed by atoms with Gasteiger partial charge in [-0.05, 0) is 81.3 Å². The van der Waals surface area contributed by atoms with Crippen LogP contribution < -0.4 is 25.6 Å². The highest BCUT2D eigenvalue weighted by Gasteiger charge is 2.47. The molecule has 16 nitrogen and oxygen atoms in total. The number of phenolic OH excluding ortho intramolecular Hbond substituents is 1. The summed E-state index contributed by atoms with van der Waals surface area (Å²) >= 11 is 0. The minimum Gasteiger partial charge on any atom is -0.504 e. The van der Waals surface area contributed by atoms with Gasteiger partial charge in [-0.3, -0.25) is 19.2 Å².